The first-order valence-corrected chi connectivity index (χ1v) is 4.74. The summed E-state index contributed by atoms with van der Waals surface area (Å²) >= 11 is 0. The highest BCUT2D eigenvalue weighted by Gasteiger charge is 2.48. The number of nitrogens with zero attached hydrogens (tertiary/aromatic N) is 1. The largest absolute Gasteiger partial charge is 0.480 e. The van der Waals surface area contributed by atoms with E-state index in [2.05, 4.69) is 0 Å². The molecule has 0 saturated carbocycles. The molecular formula is C9H13NO4. The molecule has 0 spiro atoms. The van der Waals surface area contributed by atoms with Crippen molar-refractivity contribution in [3.05, 3.63) is 0 Å². The zero-order valence-corrected chi connectivity index (χ0v) is 7.97. The molecular weight excluding hydrogens is 186 g/mol. The van der Waals surface area contributed by atoms with Gasteiger partial charge in [-0.15, -0.1) is 0 Å². The van der Waals surface area contributed by atoms with Crippen molar-refractivity contribution >= 4 is 11.9 Å². The Bertz CT molecular complexity index is 278. The van der Waals surface area contributed by atoms with Gasteiger partial charge in [0.25, 0.3) is 0 Å². The van der Waals surface area contributed by atoms with Crippen LogP contribution in [0.1, 0.15) is 19.8 Å². The highest BCUT2D eigenvalue weighted by Crippen LogP contribution is 2.33. The van der Waals surface area contributed by atoms with E-state index in [0.29, 0.717) is 13.0 Å². The van der Waals surface area contributed by atoms with Gasteiger partial charge in [-0.1, -0.05) is 0 Å². The van der Waals surface area contributed by atoms with Crippen molar-refractivity contribution in [1.82, 2.24) is 4.90 Å². The Kier molecular flexibility index (Phi) is 2.19. The van der Waals surface area contributed by atoms with Crippen molar-refractivity contribution in [2.75, 3.05) is 6.61 Å². The number of rotatable bonds is 1. The van der Waals surface area contributed by atoms with Crippen LogP contribution in [0.2, 0.25) is 0 Å². The average molecular weight is 199 g/mol. The molecule has 2 aliphatic rings. The summed E-state index contributed by atoms with van der Waals surface area (Å²) in [6.07, 6.45) is 1.12. The second-order valence-electron chi connectivity index (χ2n) is 3.78. The summed E-state index contributed by atoms with van der Waals surface area (Å²) in [6.45, 7) is 2.04. The predicted molar refractivity (Wildman–Crippen MR) is 46.7 cm³/mol. The maximum absolute atomic E-state index is 11.3. The molecule has 78 valence electrons. The molecule has 2 aliphatic heterocycles. The Morgan fingerprint density at radius 3 is 2.79 bits per heavy atom. The lowest BCUT2D eigenvalue weighted by atomic mass is 10.1. The van der Waals surface area contributed by atoms with E-state index in [-0.39, 0.29) is 18.1 Å². The Labute approximate surface area is 81.6 Å². The summed E-state index contributed by atoms with van der Waals surface area (Å²) < 4.78 is 5.38. The van der Waals surface area contributed by atoms with Crippen LogP contribution in [0.5, 0.6) is 0 Å². The van der Waals surface area contributed by atoms with E-state index in [9.17, 15) is 9.59 Å². The van der Waals surface area contributed by atoms with E-state index >= 15 is 0 Å². The van der Waals surface area contributed by atoms with E-state index in [1.165, 1.54) is 11.8 Å². The highest BCUT2D eigenvalue weighted by molar-refractivity contribution is 5.83. The van der Waals surface area contributed by atoms with E-state index in [4.69, 9.17) is 9.84 Å². The molecule has 0 aromatic carbocycles. The molecule has 0 aromatic rings. The third-order valence-electron chi connectivity index (χ3n) is 2.97. The number of aliphatic carboxylic acids is 1. The summed E-state index contributed by atoms with van der Waals surface area (Å²) in [5, 5.41) is 8.94. The normalized spacial score (nSPS) is 35.8. The molecule has 3 atom stereocenters. The van der Waals surface area contributed by atoms with Crippen molar-refractivity contribution in [1.29, 1.82) is 0 Å². The van der Waals surface area contributed by atoms with Crippen LogP contribution in [0.25, 0.3) is 0 Å². The standard InChI is InChI=1S/C9H13NO4/c1-5(11)10-6-2-3-14-8(6)4-7(10)9(12)13/h6-8H,2-4H2,1H3,(H,12,13)/t6-,7-,8-/m0/s1. The average Bonchev–Trinajstić information content (AvgIpc) is 2.58. The van der Waals surface area contributed by atoms with Crippen LogP contribution in [-0.4, -0.2) is 46.7 Å². The Balaban J connectivity index is 2.21. The lowest BCUT2D eigenvalue weighted by Gasteiger charge is -2.24. The monoisotopic (exact) mass is 199 g/mol. The van der Waals surface area contributed by atoms with E-state index in [1.54, 1.807) is 0 Å². The van der Waals surface area contributed by atoms with Crippen LogP contribution in [0.4, 0.5) is 0 Å². The van der Waals surface area contributed by atoms with Crippen LogP contribution in [0, 0.1) is 0 Å². The fourth-order valence-electron chi connectivity index (χ4n) is 2.42. The topological polar surface area (TPSA) is 66.8 Å². The Hall–Kier alpha value is -1.10. The first-order chi connectivity index (χ1) is 6.61. The third-order valence-corrected chi connectivity index (χ3v) is 2.97. The maximum atomic E-state index is 11.3. The van der Waals surface area contributed by atoms with Gasteiger partial charge in [0, 0.05) is 20.0 Å². The smallest absolute Gasteiger partial charge is 0.326 e. The number of likely N-dealkylation sites (tertiary alicyclic amines) is 1. The van der Waals surface area contributed by atoms with Gasteiger partial charge in [-0.25, -0.2) is 4.79 Å². The summed E-state index contributed by atoms with van der Waals surface area (Å²) in [4.78, 5) is 23.7. The van der Waals surface area contributed by atoms with Gasteiger partial charge in [0.15, 0.2) is 0 Å². The second-order valence-corrected chi connectivity index (χ2v) is 3.78. The van der Waals surface area contributed by atoms with Crippen LogP contribution in [-0.2, 0) is 14.3 Å². The Morgan fingerprint density at radius 2 is 2.21 bits per heavy atom. The summed E-state index contributed by atoms with van der Waals surface area (Å²) in [6, 6.07) is -0.712. The number of fused-ring (bicyclic) bond motifs is 1. The molecule has 14 heavy (non-hydrogen) atoms. The lowest BCUT2D eigenvalue weighted by molar-refractivity contribution is -0.148. The quantitative estimate of drug-likeness (QED) is 0.637. The van der Waals surface area contributed by atoms with Crippen LogP contribution in [0.3, 0.4) is 0 Å². The summed E-state index contributed by atoms with van der Waals surface area (Å²) in [7, 11) is 0. The number of carbonyl (C=O) groups excluding carboxylic acids is 1. The van der Waals surface area contributed by atoms with Crippen molar-refractivity contribution < 1.29 is 19.4 Å². The van der Waals surface area contributed by atoms with E-state index in [0.717, 1.165) is 6.42 Å². The third kappa shape index (κ3) is 1.28. The molecule has 5 nitrogen and oxygen atoms in total. The molecule has 2 fully saturated rings. The van der Waals surface area contributed by atoms with Gasteiger partial charge in [-0.3, -0.25) is 4.79 Å². The zero-order chi connectivity index (χ0) is 10.3. The fourth-order valence-corrected chi connectivity index (χ4v) is 2.42. The number of carboxylic acid groups (broad SMARTS) is 1. The van der Waals surface area contributed by atoms with E-state index in [1.807, 2.05) is 0 Å². The molecule has 2 rings (SSSR count). The minimum atomic E-state index is -0.932. The van der Waals surface area contributed by atoms with Crippen molar-refractivity contribution in [3.63, 3.8) is 0 Å². The first-order valence-electron chi connectivity index (χ1n) is 4.74. The number of carboxylic acids is 1. The van der Waals surface area contributed by atoms with Crippen LogP contribution >= 0.6 is 0 Å². The van der Waals surface area contributed by atoms with Gasteiger partial charge in [0.1, 0.15) is 6.04 Å². The SMILES string of the molecule is CC(=O)N1[C@H](C(=O)O)C[C@@H]2OCC[C@@H]21. The second kappa shape index (κ2) is 3.24. The highest BCUT2D eigenvalue weighted by atomic mass is 16.5. The lowest BCUT2D eigenvalue weighted by Crippen LogP contribution is -2.44. The molecule has 0 aromatic heterocycles. The molecule has 0 unspecified atom stereocenters. The van der Waals surface area contributed by atoms with Gasteiger partial charge >= 0.3 is 5.97 Å². The van der Waals surface area contributed by atoms with Gasteiger partial charge < -0.3 is 14.7 Å². The number of hydrogen-bond donors (Lipinski definition) is 1. The maximum Gasteiger partial charge on any atom is 0.326 e. The van der Waals surface area contributed by atoms with Crippen molar-refractivity contribution in [3.8, 4) is 0 Å². The number of amides is 1. The minimum absolute atomic E-state index is 0.0198. The molecule has 0 radical (unpaired) electrons. The Morgan fingerprint density at radius 1 is 1.50 bits per heavy atom. The molecule has 5 heteroatoms. The molecule has 0 aliphatic carbocycles. The van der Waals surface area contributed by atoms with Crippen molar-refractivity contribution in [2.45, 2.75) is 38.0 Å². The van der Waals surface area contributed by atoms with Gasteiger partial charge in [-0.05, 0) is 6.42 Å². The van der Waals surface area contributed by atoms with Gasteiger partial charge in [0.2, 0.25) is 5.91 Å². The number of carbonyl (C=O) groups is 2. The molecule has 2 saturated heterocycles. The van der Waals surface area contributed by atoms with Crippen LogP contribution < -0.4 is 0 Å². The number of ether oxygens (including phenoxy) is 1. The van der Waals surface area contributed by atoms with Crippen LogP contribution in [0.15, 0.2) is 0 Å². The summed E-state index contributed by atoms with van der Waals surface area (Å²) in [5.74, 6) is -1.10. The first kappa shape index (κ1) is 9.45. The number of hydrogen-bond acceptors (Lipinski definition) is 3. The predicted octanol–water partition coefficient (Wildman–Crippen LogP) is -0.151. The zero-order valence-electron chi connectivity index (χ0n) is 7.97. The molecule has 1 amide bonds. The molecule has 2 heterocycles. The summed E-state index contributed by atoms with van der Waals surface area (Å²) in [5.41, 5.74) is 0. The van der Waals surface area contributed by atoms with Crippen molar-refractivity contribution in [2.24, 2.45) is 0 Å². The molecule has 1 N–H and O–H groups in total. The van der Waals surface area contributed by atoms with E-state index < -0.39 is 12.0 Å². The minimum Gasteiger partial charge on any atom is -0.480 e. The fraction of sp³-hybridized carbons (Fsp3) is 0.778. The van der Waals surface area contributed by atoms with Gasteiger partial charge in [0.05, 0.1) is 12.1 Å². The van der Waals surface area contributed by atoms with Gasteiger partial charge in [-0.2, -0.15) is 0 Å². The molecule has 0 bridgehead atoms.